The average molecular weight is 250 g/mol. The third kappa shape index (κ3) is 2.85. The number of carbonyl (C=O) groups excluding carboxylic acids is 2. The highest BCUT2D eigenvalue weighted by Gasteiger charge is 2.36. The Morgan fingerprint density at radius 1 is 0.611 bits per heavy atom. The first kappa shape index (κ1) is 13.4. The number of aldehydes is 2. The van der Waals surface area contributed by atoms with Crippen LogP contribution in [0.15, 0.2) is 10.2 Å². The van der Waals surface area contributed by atoms with E-state index >= 15 is 0 Å². The van der Waals surface area contributed by atoms with Gasteiger partial charge in [-0.25, -0.2) is 0 Å². The van der Waals surface area contributed by atoms with E-state index in [1.165, 1.54) is 12.8 Å². The summed E-state index contributed by atoms with van der Waals surface area (Å²) in [6.07, 6.45) is 11.5. The summed E-state index contributed by atoms with van der Waals surface area (Å²) in [6, 6.07) is 0. The molecule has 2 fully saturated rings. The molecule has 0 saturated heterocycles. The van der Waals surface area contributed by atoms with Gasteiger partial charge < -0.3 is 9.59 Å². The molecule has 4 heteroatoms. The van der Waals surface area contributed by atoms with Crippen molar-refractivity contribution in [1.82, 2.24) is 0 Å². The van der Waals surface area contributed by atoms with Gasteiger partial charge in [-0.15, -0.1) is 0 Å². The molecule has 2 saturated carbocycles. The maximum atomic E-state index is 11.3. The van der Waals surface area contributed by atoms with Gasteiger partial charge in [0.1, 0.15) is 23.7 Å². The second kappa shape index (κ2) is 5.72. The molecule has 0 aromatic carbocycles. The highest BCUT2D eigenvalue weighted by Crippen LogP contribution is 2.34. The van der Waals surface area contributed by atoms with Crippen LogP contribution in [0.2, 0.25) is 0 Å². The third-order valence-electron chi connectivity index (χ3n) is 4.33. The van der Waals surface area contributed by atoms with Gasteiger partial charge in [-0.3, -0.25) is 0 Å². The van der Waals surface area contributed by atoms with Gasteiger partial charge >= 0.3 is 0 Å². The fourth-order valence-electron chi connectivity index (χ4n) is 3.01. The van der Waals surface area contributed by atoms with Crippen molar-refractivity contribution in [1.29, 1.82) is 0 Å². The van der Waals surface area contributed by atoms with Gasteiger partial charge in [0, 0.05) is 0 Å². The number of hydrogen-bond donors (Lipinski definition) is 0. The Morgan fingerprint density at radius 2 is 0.944 bits per heavy atom. The molecule has 2 aliphatic rings. The molecule has 18 heavy (non-hydrogen) atoms. The van der Waals surface area contributed by atoms with Gasteiger partial charge in [-0.1, -0.05) is 38.5 Å². The van der Waals surface area contributed by atoms with E-state index in [0.717, 1.165) is 63.9 Å². The Morgan fingerprint density at radius 3 is 1.22 bits per heavy atom. The first-order chi connectivity index (χ1) is 8.74. The van der Waals surface area contributed by atoms with Gasteiger partial charge in [0.2, 0.25) is 0 Å². The summed E-state index contributed by atoms with van der Waals surface area (Å²) < 4.78 is 0. The van der Waals surface area contributed by atoms with Crippen LogP contribution < -0.4 is 0 Å². The van der Waals surface area contributed by atoms with Crippen LogP contribution in [-0.4, -0.2) is 23.7 Å². The molecule has 4 nitrogen and oxygen atoms in total. The Hall–Kier alpha value is -1.06. The highest BCUT2D eigenvalue weighted by molar-refractivity contribution is 5.66. The van der Waals surface area contributed by atoms with Crippen LogP contribution >= 0.6 is 0 Å². The van der Waals surface area contributed by atoms with E-state index in [9.17, 15) is 9.59 Å². The van der Waals surface area contributed by atoms with Gasteiger partial charge in [-0.05, 0) is 25.7 Å². The first-order valence-electron chi connectivity index (χ1n) is 7.11. The van der Waals surface area contributed by atoms with E-state index in [2.05, 4.69) is 10.2 Å². The maximum Gasteiger partial charge on any atom is 0.149 e. The van der Waals surface area contributed by atoms with Crippen molar-refractivity contribution < 1.29 is 9.59 Å². The van der Waals surface area contributed by atoms with Gasteiger partial charge in [0.25, 0.3) is 0 Å². The highest BCUT2D eigenvalue weighted by atomic mass is 16.1. The monoisotopic (exact) mass is 250 g/mol. The maximum absolute atomic E-state index is 11.3. The Balaban J connectivity index is 2.11. The average Bonchev–Trinajstić information content (AvgIpc) is 2.47. The summed E-state index contributed by atoms with van der Waals surface area (Å²) in [5.41, 5.74) is -1.27. The Kier molecular flexibility index (Phi) is 4.25. The molecule has 0 unspecified atom stereocenters. The lowest BCUT2D eigenvalue weighted by atomic mass is 9.82. The minimum atomic E-state index is -0.633. The minimum absolute atomic E-state index is 0.633. The van der Waals surface area contributed by atoms with E-state index in [4.69, 9.17) is 0 Å². The van der Waals surface area contributed by atoms with Crippen molar-refractivity contribution in [2.24, 2.45) is 10.2 Å². The largest absolute Gasteiger partial charge is 0.301 e. The molecule has 0 atom stereocenters. The molecule has 0 radical (unpaired) electrons. The summed E-state index contributed by atoms with van der Waals surface area (Å²) in [6.45, 7) is 0. The van der Waals surface area contributed by atoms with Gasteiger partial charge in [-0.2, -0.15) is 10.2 Å². The normalized spacial score (nSPS) is 26.9. The predicted molar refractivity (Wildman–Crippen MR) is 68.6 cm³/mol. The number of carbonyl (C=O) groups is 2. The fourth-order valence-corrected chi connectivity index (χ4v) is 3.01. The number of rotatable bonds is 4. The van der Waals surface area contributed by atoms with Crippen molar-refractivity contribution in [2.75, 3.05) is 0 Å². The molecular formula is C14H22N2O2. The first-order valence-corrected chi connectivity index (χ1v) is 7.11. The molecule has 0 bridgehead atoms. The van der Waals surface area contributed by atoms with Crippen molar-refractivity contribution in [3.8, 4) is 0 Å². The van der Waals surface area contributed by atoms with E-state index in [-0.39, 0.29) is 0 Å². The number of hydrogen-bond acceptors (Lipinski definition) is 4. The van der Waals surface area contributed by atoms with Gasteiger partial charge in [0.15, 0.2) is 0 Å². The third-order valence-corrected chi connectivity index (χ3v) is 4.33. The number of nitrogens with zero attached hydrogens (tertiary/aromatic N) is 2. The van der Waals surface area contributed by atoms with Gasteiger partial charge in [0.05, 0.1) is 0 Å². The van der Waals surface area contributed by atoms with Crippen LogP contribution in [0.4, 0.5) is 0 Å². The lowest BCUT2D eigenvalue weighted by Crippen LogP contribution is -2.35. The fraction of sp³-hybridized carbons (Fsp3) is 0.857. The summed E-state index contributed by atoms with van der Waals surface area (Å²) >= 11 is 0. The summed E-state index contributed by atoms with van der Waals surface area (Å²) in [7, 11) is 0. The predicted octanol–water partition coefficient (Wildman–Crippen LogP) is 3.24. The van der Waals surface area contributed by atoms with Crippen LogP contribution in [0.1, 0.15) is 64.2 Å². The standard InChI is InChI=1S/C14H22N2O2/c17-11-13(7-3-1-4-8-13)15-16-14(12-18)9-5-2-6-10-14/h11-12H,1-10H2. The lowest BCUT2D eigenvalue weighted by molar-refractivity contribution is -0.115. The van der Waals surface area contributed by atoms with E-state index in [0.29, 0.717) is 0 Å². The van der Waals surface area contributed by atoms with Crippen LogP contribution in [0.25, 0.3) is 0 Å². The zero-order valence-electron chi connectivity index (χ0n) is 10.9. The smallest absolute Gasteiger partial charge is 0.149 e. The molecule has 2 aliphatic carbocycles. The van der Waals surface area contributed by atoms with Crippen molar-refractivity contribution in [2.45, 2.75) is 75.3 Å². The van der Waals surface area contributed by atoms with Crippen molar-refractivity contribution in [3.63, 3.8) is 0 Å². The van der Waals surface area contributed by atoms with E-state index < -0.39 is 11.1 Å². The topological polar surface area (TPSA) is 58.9 Å². The SMILES string of the molecule is O=CC1(N=NC2(C=O)CCCCC2)CCCCC1. The quantitative estimate of drug-likeness (QED) is 0.568. The molecule has 0 aliphatic heterocycles. The van der Waals surface area contributed by atoms with Crippen molar-refractivity contribution in [3.05, 3.63) is 0 Å². The molecule has 0 amide bonds. The zero-order chi connectivity index (χ0) is 12.9. The zero-order valence-corrected chi connectivity index (χ0v) is 10.9. The van der Waals surface area contributed by atoms with Crippen molar-refractivity contribution >= 4 is 12.6 Å². The van der Waals surface area contributed by atoms with E-state index in [1.54, 1.807) is 0 Å². The molecular weight excluding hydrogens is 228 g/mol. The second-order valence-corrected chi connectivity index (χ2v) is 5.76. The molecule has 0 N–H and O–H groups in total. The summed E-state index contributed by atoms with van der Waals surface area (Å²) in [5.74, 6) is 0. The number of azo groups is 1. The summed E-state index contributed by atoms with van der Waals surface area (Å²) in [5, 5.41) is 8.65. The summed E-state index contributed by atoms with van der Waals surface area (Å²) in [4.78, 5) is 22.6. The van der Waals surface area contributed by atoms with Crippen LogP contribution in [0.3, 0.4) is 0 Å². The molecule has 100 valence electrons. The Bertz CT molecular complexity index is 295. The van der Waals surface area contributed by atoms with Crippen LogP contribution in [-0.2, 0) is 9.59 Å². The molecule has 0 aromatic heterocycles. The minimum Gasteiger partial charge on any atom is -0.301 e. The van der Waals surface area contributed by atoms with Crippen LogP contribution in [0.5, 0.6) is 0 Å². The second-order valence-electron chi connectivity index (χ2n) is 5.76. The lowest BCUT2D eigenvalue weighted by Gasteiger charge is -2.30. The Labute approximate surface area is 108 Å². The molecule has 0 aromatic rings. The molecule has 2 rings (SSSR count). The van der Waals surface area contributed by atoms with Crippen LogP contribution in [0, 0.1) is 0 Å². The molecule has 0 heterocycles. The van der Waals surface area contributed by atoms with E-state index in [1.807, 2.05) is 0 Å². The molecule has 0 spiro atoms.